The number of unbranched alkanes of at least 4 members (excludes halogenated alkanes) is 3. The summed E-state index contributed by atoms with van der Waals surface area (Å²) in [5.74, 6) is 0.202. The summed E-state index contributed by atoms with van der Waals surface area (Å²) in [4.78, 5) is 23.5. The average Bonchev–Trinajstić information content (AvgIpc) is 2.71. The molecule has 6 heteroatoms. The fourth-order valence-corrected chi connectivity index (χ4v) is 2.60. The van der Waals surface area contributed by atoms with Crippen LogP contribution in [0.4, 0.5) is 5.69 Å². The Hall–Kier alpha value is -2.79. The zero-order valence-electron chi connectivity index (χ0n) is 16.6. The van der Waals surface area contributed by atoms with Gasteiger partial charge in [-0.1, -0.05) is 18.2 Å². The van der Waals surface area contributed by atoms with Gasteiger partial charge in [-0.15, -0.1) is 0 Å². The van der Waals surface area contributed by atoms with Gasteiger partial charge in [0.15, 0.2) is 0 Å². The van der Waals surface area contributed by atoms with Gasteiger partial charge in [-0.2, -0.15) is 0 Å². The van der Waals surface area contributed by atoms with E-state index in [0.29, 0.717) is 35.1 Å². The van der Waals surface area contributed by atoms with Gasteiger partial charge < -0.3 is 14.8 Å². The Bertz CT molecular complexity index is 816. The molecule has 0 aliphatic heterocycles. The van der Waals surface area contributed by atoms with Crippen LogP contribution in [0.25, 0.3) is 0 Å². The second-order valence-electron chi connectivity index (χ2n) is 6.66. The summed E-state index contributed by atoms with van der Waals surface area (Å²) in [6.07, 6.45) is 3.70. The highest BCUT2D eigenvalue weighted by molar-refractivity contribution is 6.30. The van der Waals surface area contributed by atoms with Gasteiger partial charge in [-0.05, 0) is 81.1 Å². The Labute approximate surface area is 176 Å². The van der Waals surface area contributed by atoms with Crippen molar-refractivity contribution >= 4 is 29.2 Å². The first-order valence-corrected chi connectivity index (χ1v) is 9.96. The fraction of sp³-hybridized carbons (Fsp3) is 0.304. The van der Waals surface area contributed by atoms with Gasteiger partial charge in [0.1, 0.15) is 5.75 Å². The SMILES string of the molecule is C=C(C)C(=O)OCCCCCCOc1ccc(C(=O)Nc2ccc(Cl)cc2)cc1. The maximum Gasteiger partial charge on any atom is 0.333 e. The number of rotatable bonds is 11. The molecule has 154 valence electrons. The van der Waals surface area contributed by atoms with Crippen molar-refractivity contribution in [2.75, 3.05) is 18.5 Å². The summed E-state index contributed by atoms with van der Waals surface area (Å²) in [7, 11) is 0. The molecule has 0 aromatic heterocycles. The molecular weight excluding hydrogens is 390 g/mol. The molecular formula is C23H26ClNO4. The van der Waals surface area contributed by atoms with Gasteiger partial charge in [0.25, 0.3) is 5.91 Å². The smallest absolute Gasteiger partial charge is 0.333 e. The lowest BCUT2D eigenvalue weighted by Gasteiger charge is -2.08. The number of amides is 1. The van der Waals surface area contributed by atoms with Crippen LogP contribution in [-0.4, -0.2) is 25.1 Å². The molecule has 0 unspecified atom stereocenters. The summed E-state index contributed by atoms with van der Waals surface area (Å²) in [6, 6.07) is 14.0. The lowest BCUT2D eigenvalue weighted by Crippen LogP contribution is -2.11. The second-order valence-corrected chi connectivity index (χ2v) is 7.10. The van der Waals surface area contributed by atoms with Crippen molar-refractivity contribution in [3.05, 3.63) is 71.3 Å². The summed E-state index contributed by atoms with van der Waals surface area (Å²) in [5, 5.41) is 3.44. The zero-order chi connectivity index (χ0) is 21.1. The molecule has 0 heterocycles. The lowest BCUT2D eigenvalue weighted by molar-refractivity contribution is -0.139. The second kappa shape index (κ2) is 11.9. The van der Waals surface area contributed by atoms with E-state index in [4.69, 9.17) is 21.1 Å². The third-order valence-electron chi connectivity index (χ3n) is 4.11. The predicted octanol–water partition coefficient (Wildman–Crippen LogP) is 5.65. The van der Waals surface area contributed by atoms with Crippen molar-refractivity contribution in [2.45, 2.75) is 32.6 Å². The first-order chi connectivity index (χ1) is 14.0. The van der Waals surface area contributed by atoms with E-state index in [2.05, 4.69) is 11.9 Å². The number of anilines is 1. The molecule has 5 nitrogen and oxygen atoms in total. The molecule has 1 amide bonds. The summed E-state index contributed by atoms with van der Waals surface area (Å²) in [5.41, 5.74) is 1.66. The Morgan fingerprint density at radius 1 is 0.931 bits per heavy atom. The van der Waals surface area contributed by atoms with E-state index >= 15 is 0 Å². The highest BCUT2D eigenvalue weighted by Crippen LogP contribution is 2.17. The number of nitrogens with one attached hydrogen (secondary N) is 1. The van der Waals surface area contributed by atoms with Crippen LogP contribution in [0.2, 0.25) is 5.02 Å². The molecule has 2 aromatic carbocycles. The highest BCUT2D eigenvalue weighted by Gasteiger charge is 2.06. The molecule has 0 saturated carbocycles. The predicted molar refractivity (Wildman–Crippen MR) is 116 cm³/mol. The monoisotopic (exact) mass is 415 g/mol. The Morgan fingerprint density at radius 3 is 2.17 bits per heavy atom. The molecule has 29 heavy (non-hydrogen) atoms. The third-order valence-corrected chi connectivity index (χ3v) is 4.36. The van der Waals surface area contributed by atoms with Gasteiger partial charge in [0, 0.05) is 21.8 Å². The fourth-order valence-electron chi connectivity index (χ4n) is 2.47. The number of carbonyl (C=O) groups is 2. The van der Waals surface area contributed by atoms with Crippen LogP contribution in [0.15, 0.2) is 60.7 Å². The quantitative estimate of drug-likeness (QED) is 0.292. The Kier molecular flexibility index (Phi) is 9.25. The standard InChI is InChI=1S/C23H26ClNO4/c1-17(2)23(27)29-16-6-4-3-5-15-28-21-13-7-18(8-14-21)22(26)25-20-11-9-19(24)10-12-20/h7-14H,1,3-6,15-16H2,2H3,(H,25,26). The highest BCUT2D eigenvalue weighted by atomic mass is 35.5. The van der Waals surface area contributed by atoms with Crippen LogP contribution in [-0.2, 0) is 9.53 Å². The van der Waals surface area contributed by atoms with Crippen molar-refractivity contribution in [1.82, 2.24) is 0 Å². The van der Waals surface area contributed by atoms with E-state index < -0.39 is 0 Å². The first kappa shape index (κ1) is 22.5. The molecule has 2 rings (SSSR count). The maximum atomic E-state index is 12.3. The number of esters is 1. The molecule has 0 spiro atoms. The number of carbonyl (C=O) groups excluding carboxylic acids is 2. The van der Waals surface area contributed by atoms with Crippen molar-refractivity contribution in [2.24, 2.45) is 0 Å². The summed E-state index contributed by atoms with van der Waals surface area (Å²) < 4.78 is 10.7. The minimum atomic E-state index is -0.335. The van der Waals surface area contributed by atoms with E-state index in [1.165, 1.54) is 0 Å². The number of ether oxygens (including phenoxy) is 2. The van der Waals surface area contributed by atoms with Gasteiger partial charge in [0.2, 0.25) is 0 Å². The van der Waals surface area contributed by atoms with Crippen molar-refractivity contribution in [1.29, 1.82) is 0 Å². The zero-order valence-corrected chi connectivity index (χ0v) is 17.3. The van der Waals surface area contributed by atoms with Gasteiger partial charge >= 0.3 is 5.97 Å². The van der Waals surface area contributed by atoms with Gasteiger partial charge in [-0.25, -0.2) is 4.79 Å². The number of benzene rings is 2. The normalized spacial score (nSPS) is 10.3. The minimum Gasteiger partial charge on any atom is -0.494 e. The molecule has 0 bridgehead atoms. The Balaban J connectivity index is 1.62. The molecule has 0 saturated heterocycles. The molecule has 0 atom stereocenters. The number of halogens is 1. The van der Waals surface area contributed by atoms with Crippen LogP contribution >= 0.6 is 11.6 Å². The first-order valence-electron chi connectivity index (χ1n) is 9.58. The van der Waals surface area contributed by atoms with Crippen LogP contribution in [0, 0.1) is 0 Å². The molecule has 0 aliphatic carbocycles. The van der Waals surface area contributed by atoms with Crippen molar-refractivity contribution in [3.8, 4) is 5.75 Å². The van der Waals surface area contributed by atoms with Crippen LogP contribution in [0.3, 0.4) is 0 Å². The van der Waals surface area contributed by atoms with Crippen LogP contribution in [0.5, 0.6) is 5.75 Å². The lowest BCUT2D eigenvalue weighted by atomic mass is 10.2. The molecule has 1 N–H and O–H groups in total. The number of hydrogen-bond donors (Lipinski definition) is 1. The van der Waals surface area contributed by atoms with E-state index in [-0.39, 0.29) is 11.9 Å². The largest absolute Gasteiger partial charge is 0.494 e. The van der Waals surface area contributed by atoms with E-state index in [9.17, 15) is 9.59 Å². The molecule has 0 aliphatic rings. The van der Waals surface area contributed by atoms with E-state index in [0.717, 1.165) is 31.4 Å². The summed E-state index contributed by atoms with van der Waals surface area (Å²) in [6.45, 7) is 6.20. The van der Waals surface area contributed by atoms with E-state index in [1.807, 2.05) is 0 Å². The average molecular weight is 416 g/mol. The molecule has 0 fully saturated rings. The van der Waals surface area contributed by atoms with Crippen LogP contribution < -0.4 is 10.1 Å². The van der Waals surface area contributed by atoms with Crippen LogP contribution in [0.1, 0.15) is 43.0 Å². The van der Waals surface area contributed by atoms with E-state index in [1.54, 1.807) is 55.5 Å². The molecule has 0 radical (unpaired) electrons. The van der Waals surface area contributed by atoms with Gasteiger partial charge in [0.05, 0.1) is 13.2 Å². The van der Waals surface area contributed by atoms with Crippen molar-refractivity contribution in [3.63, 3.8) is 0 Å². The Morgan fingerprint density at radius 2 is 1.55 bits per heavy atom. The van der Waals surface area contributed by atoms with Crippen molar-refractivity contribution < 1.29 is 19.1 Å². The number of hydrogen-bond acceptors (Lipinski definition) is 4. The molecule has 2 aromatic rings. The topological polar surface area (TPSA) is 64.6 Å². The van der Waals surface area contributed by atoms with Gasteiger partial charge in [-0.3, -0.25) is 4.79 Å². The maximum absolute atomic E-state index is 12.3. The summed E-state index contributed by atoms with van der Waals surface area (Å²) >= 11 is 5.84. The third kappa shape index (κ3) is 8.40. The minimum absolute atomic E-state index is 0.189.